The summed E-state index contributed by atoms with van der Waals surface area (Å²) in [5.74, 6) is -0.772. The molecule has 1 atom stereocenters. The van der Waals surface area contributed by atoms with E-state index in [1.54, 1.807) is 30.9 Å². The average Bonchev–Trinajstić information content (AvgIpc) is 2.72. The fraction of sp³-hybridized carbons (Fsp3) is 0.364. The van der Waals surface area contributed by atoms with Crippen LogP contribution in [0.4, 0.5) is 5.69 Å². The molecule has 3 rings (SSSR count). The molecule has 0 saturated heterocycles. The molecule has 31 heavy (non-hydrogen) atoms. The smallest absolute Gasteiger partial charge is 0.243 e. The van der Waals surface area contributed by atoms with Gasteiger partial charge in [-0.05, 0) is 55.7 Å². The maximum atomic E-state index is 12.6. The Bertz CT molecular complexity index is 1070. The summed E-state index contributed by atoms with van der Waals surface area (Å²) in [5, 5.41) is 2.76. The van der Waals surface area contributed by atoms with Crippen LogP contribution in [0.5, 0.6) is 0 Å². The van der Waals surface area contributed by atoms with Gasteiger partial charge in [0.15, 0.2) is 0 Å². The van der Waals surface area contributed by atoms with Crippen molar-refractivity contribution in [3.05, 3.63) is 59.7 Å². The molecule has 0 unspecified atom stereocenters. The predicted molar refractivity (Wildman–Crippen MR) is 119 cm³/mol. The number of benzene rings is 2. The molecular formula is C22H28N4O4S. The van der Waals surface area contributed by atoms with E-state index >= 15 is 0 Å². The van der Waals surface area contributed by atoms with Gasteiger partial charge in [0.1, 0.15) is 0 Å². The standard InChI is InChI=1S/C22H28N4O4S/c1-15(2)25(3)31(29,30)19-10-8-18(9-11-19)24-21(27)14-26-13-17-7-5-4-6-16(17)12-20(26)22(23)28/h4-11,15,20H,12-14H2,1-3H3,(H2,23,28)(H,24,27)/t20-/m0/s1. The Morgan fingerprint density at radius 1 is 1.13 bits per heavy atom. The minimum Gasteiger partial charge on any atom is -0.368 e. The number of carbonyl (C=O) groups excluding carboxylic acids is 2. The third kappa shape index (κ3) is 5.12. The van der Waals surface area contributed by atoms with Crippen LogP contribution in [-0.2, 0) is 32.6 Å². The minimum absolute atomic E-state index is 0.00191. The molecule has 1 heterocycles. The van der Waals surface area contributed by atoms with E-state index in [-0.39, 0.29) is 23.4 Å². The molecule has 1 aliphatic rings. The molecule has 0 spiro atoms. The number of fused-ring (bicyclic) bond motifs is 1. The number of hydrogen-bond acceptors (Lipinski definition) is 5. The van der Waals surface area contributed by atoms with E-state index in [0.717, 1.165) is 11.1 Å². The monoisotopic (exact) mass is 444 g/mol. The Hall–Kier alpha value is -2.75. The number of carbonyl (C=O) groups is 2. The van der Waals surface area contributed by atoms with Crippen LogP contribution in [0.15, 0.2) is 53.4 Å². The topological polar surface area (TPSA) is 113 Å². The second-order valence-electron chi connectivity index (χ2n) is 7.98. The van der Waals surface area contributed by atoms with Gasteiger partial charge in [-0.1, -0.05) is 24.3 Å². The molecule has 2 aromatic carbocycles. The van der Waals surface area contributed by atoms with Gasteiger partial charge in [0.05, 0.1) is 17.5 Å². The summed E-state index contributed by atoms with van der Waals surface area (Å²) in [6.07, 6.45) is 0.467. The number of rotatable bonds is 7. The van der Waals surface area contributed by atoms with Gasteiger partial charge in [0.25, 0.3) is 0 Å². The van der Waals surface area contributed by atoms with Crippen molar-refractivity contribution in [2.45, 2.75) is 43.8 Å². The number of amides is 2. The Balaban J connectivity index is 1.68. The second kappa shape index (κ2) is 9.17. The first-order chi connectivity index (χ1) is 14.6. The maximum absolute atomic E-state index is 12.6. The summed E-state index contributed by atoms with van der Waals surface area (Å²) in [7, 11) is -2.06. The summed E-state index contributed by atoms with van der Waals surface area (Å²) in [6, 6.07) is 13.1. The van der Waals surface area contributed by atoms with Gasteiger partial charge >= 0.3 is 0 Å². The quantitative estimate of drug-likeness (QED) is 0.673. The molecule has 0 fully saturated rings. The molecule has 8 nitrogen and oxygen atoms in total. The Kier molecular flexibility index (Phi) is 6.78. The zero-order chi connectivity index (χ0) is 22.8. The number of nitrogens with zero attached hydrogens (tertiary/aromatic N) is 2. The Morgan fingerprint density at radius 3 is 2.32 bits per heavy atom. The van der Waals surface area contributed by atoms with Crippen molar-refractivity contribution in [2.75, 3.05) is 18.9 Å². The molecular weight excluding hydrogens is 416 g/mol. The van der Waals surface area contributed by atoms with Gasteiger partial charge in [0.2, 0.25) is 21.8 Å². The van der Waals surface area contributed by atoms with Gasteiger partial charge in [-0.25, -0.2) is 8.42 Å². The van der Waals surface area contributed by atoms with Crippen molar-refractivity contribution >= 4 is 27.5 Å². The first-order valence-electron chi connectivity index (χ1n) is 10.1. The van der Waals surface area contributed by atoms with Crippen molar-refractivity contribution in [2.24, 2.45) is 5.73 Å². The predicted octanol–water partition coefficient (Wildman–Crippen LogP) is 1.57. The van der Waals surface area contributed by atoms with E-state index in [1.807, 2.05) is 24.3 Å². The highest BCUT2D eigenvalue weighted by atomic mass is 32.2. The van der Waals surface area contributed by atoms with Crippen LogP contribution >= 0.6 is 0 Å². The van der Waals surface area contributed by atoms with Crippen LogP contribution in [0, 0.1) is 0 Å². The van der Waals surface area contributed by atoms with Crippen molar-refractivity contribution in [1.82, 2.24) is 9.21 Å². The maximum Gasteiger partial charge on any atom is 0.243 e. The lowest BCUT2D eigenvalue weighted by Crippen LogP contribution is -2.50. The van der Waals surface area contributed by atoms with Crippen LogP contribution in [0.2, 0.25) is 0 Å². The highest BCUT2D eigenvalue weighted by Crippen LogP contribution is 2.23. The molecule has 166 valence electrons. The molecule has 2 amide bonds. The van der Waals surface area contributed by atoms with E-state index < -0.39 is 22.0 Å². The fourth-order valence-electron chi connectivity index (χ4n) is 3.56. The van der Waals surface area contributed by atoms with Crippen molar-refractivity contribution in [3.8, 4) is 0 Å². The lowest BCUT2D eigenvalue weighted by molar-refractivity contribution is -0.125. The SMILES string of the molecule is CC(C)N(C)S(=O)(=O)c1ccc(NC(=O)CN2Cc3ccccc3C[C@H]2C(N)=O)cc1. The van der Waals surface area contributed by atoms with Gasteiger partial charge in [-0.15, -0.1) is 0 Å². The number of nitrogens with one attached hydrogen (secondary N) is 1. The molecule has 0 saturated carbocycles. The highest BCUT2D eigenvalue weighted by molar-refractivity contribution is 7.89. The fourth-order valence-corrected chi connectivity index (χ4v) is 4.93. The second-order valence-corrected chi connectivity index (χ2v) is 9.98. The van der Waals surface area contributed by atoms with E-state index in [2.05, 4.69) is 5.32 Å². The zero-order valence-electron chi connectivity index (χ0n) is 17.9. The third-order valence-corrected chi connectivity index (χ3v) is 7.61. The first-order valence-corrected chi connectivity index (χ1v) is 11.5. The summed E-state index contributed by atoms with van der Waals surface area (Å²) in [6.45, 7) is 4.04. The number of sulfonamides is 1. The van der Waals surface area contributed by atoms with E-state index in [1.165, 1.54) is 23.5 Å². The number of hydrogen-bond donors (Lipinski definition) is 2. The molecule has 0 aromatic heterocycles. The Morgan fingerprint density at radius 2 is 1.74 bits per heavy atom. The van der Waals surface area contributed by atoms with Crippen LogP contribution in [0.25, 0.3) is 0 Å². The number of primary amides is 1. The lowest BCUT2D eigenvalue weighted by Gasteiger charge is -2.34. The van der Waals surface area contributed by atoms with Crippen molar-refractivity contribution < 1.29 is 18.0 Å². The lowest BCUT2D eigenvalue weighted by atomic mass is 9.93. The van der Waals surface area contributed by atoms with Crippen molar-refractivity contribution in [1.29, 1.82) is 0 Å². The summed E-state index contributed by atoms with van der Waals surface area (Å²) in [5.41, 5.74) is 8.18. The first kappa shape index (κ1) is 22.9. The van der Waals surface area contributed by atoms with Gasteiger partial charge in [-0.2, -0.15) is 4.31 Å². The number of nitrogens with two attached hydrogens (primary N) is 1. The van der Waals surface area contributed by atoms with E-state index in [0.29, 0.717) is 18.7 Å². The largest absolute Gasteiger partial charge is 0.368 e. The van der Waals surface area contributed by atoms with Crippen LogP contribution < -0.4 is 11.1 Å². The third-order valence-electron chi connectivity index (χ3n) is 5.56. The van der Waals surface area contributed by atoms with Gasteiger partial charge in [0, 0.05) is 25.3 Å². The zero-order valence-corrected chi connectivity index (χ0v) is 18.7. The normalized spacial score (nSPS) is 16.9. The molecule has 0 radical (unpaired) electrons. The summed E-state index contributed by atoms with van der Waals surface area (Å²) in [4.78, 5) is 26.5. The highest BCUT2D eigenvalue weighted by Gasteiger charge is 2.31. The summed E-state index contributed by atoms with van der Waals surface area (Å²) >= 11 is 0. The van der Waals surface area contributed by atoms with Gasteiger partial charge < -0.3 is 11.1 Å². The molecule has 1 aliphatic heterocycles. The minimum atomic E-state index is -3.59. The summed E-state index contributed by atoms with van der Waals surface area (Å²) < 4.78 is 26.4. The van der Waals surface area contributed by atoms with E-state index in [4.69, 9.17) is 5.73 Å². The van der Waals surface area contributed by atoms with Gasteiger partial charge in [-0.3, -0.25) is 14.5 Å². The van der Waals surface area contributed by atoms with Crippen molar-refractivity contribution in [3.63, 3.8) is 0 Å². The van der Waals surface area contributed by atoms with Crippen LogP contribution in [-0.4, -0.2) is 55.1 Å². The Labute approximate surface area is 183 Å². The molecule has 0 bridgehead atoms. The van der Waals surface area contributed by atoms with Crippen LogP contribution in [0.3, 0.4) is 0 Å². The molecule has 0 aliphatic carbocycles. The molecule has 9 heteroatoms. The van der Waals surface area contributed by atoms with E-state index in [9.17, 15) is 18.0 Å². The molecule has 2 aromatic rings. The molecule has 3 N–H and O–H groups in total. The average molecular weight is 445 g/mol. The van der Waals surface area contributed by atoms with Crippen LogP contribution in [0.1, 0.15) is 25.0 Å². The number of anilines is 1.